The predicted octanol–water partition coefficient (Wildman–Crippen LogP) is 3.95. The van der Waals surface area contributed by atoms with Crippen LogP contribution in [0.4, 0.5) is 0 Å². The Morgan fingerprint density at radius 2 is 1.85 bits per heavy atom. The molecule has 6 nitrogen and oxygen atoms in total. The van der Waals surface area contributed by atoms with E-state index in [-0.39, 0.29) is 5.75 Å². The molecular weight excluding hydrogens is 328 g/mol. The van der Waals surface area contributed by atoms with Gasteiger partial charge in [-0.3, -0.25) is 5.10 Å². The van der Waals surface area contributed by atoms with Crippen LogP contribution in [0.25, 0.3) is 28.1 Å². The highest BCUT2D eigenvalue weighted by Gasteiger charge is 2.15. The van der Waals surface area contributed by atoms with Crippen LogP contribution in [0.3, 0.4) is 0 Å². The molecule has 0 saturated heterocycles. The van der Waals surface area contributed by atoms with Crippen LogP contribution in [0.2, 0.25) is 0 Å². The lowest BCUT2D eigenvalue weighted by atomic mass is 10.0. The van der Waals surface area contributed by atoms with E-state index in [4.69, 9.17) is 4.74 Å². The van der Waals surface area contributed by atoms with E-state index in [1.807, 2.05) is 23.0 Å². The molecular formula is C20H18N4O2. The summed E-state index contributed by atoms with van der Waals surface area (Å²) in [5.74, 6) is 0.722. The number of phenols is 1. The highest BCUT2D eigenvalue weighted by Crippen LogP contribution is 2.37. The molecule has 0 unspecified atom stereocenters. The Bertz CT molecular complexity index is 1050. The maximum Gasteiger partial charge on any atom is 0.128 e. The summed E-state index contributed by atoms with van der Waals surface area (Å²) in [6, 6.07) is 13.3. The summed E-state index contributed by atoms with van der Waals surface area (Å²) in [5.41, 5.74) is 5.34. The van der Waals surface area contributed by atoms with Crippen LogP contribution < -0.4 is 4.74 Å². The monoisotopic (exact) mass is 346 g/mol. The number of hydrogen-bond acceptors (Lipinski definition) is 4. The Morgan fingerprint density at radius 1 is 1.04 bits per heavy atom. The zero-order valence-corrected chi connectivity index (χ0v) is 14.5. The van der Waals surface area contributed by atoms with Gasteiger partial charge in [-0.05, 0) is 31.2 Å². The van der Waals surface area contributed by atoms with Crippen molar-refractivity contribution in [2.24, 2.45) is 0 Å². The smallest absolute Gasteiger partial charge is 0.128 e. The van der Waals surface area contributed by atoms with Gasteiger partial charge in [0.2, 0.25) is 0 Å². The van der Waals surface area contributed by atoms with Gasteiger partial charge in [0.25, 0.3) is 0 Å². The molecule has 0 amide bonds. The van der Waals surface area contributed by atoms with E-state index in [0.29, 0.717) is 11.3 Å². The highest BCUT2D eigenvalue weighted by atomic mass is 16.5. The standard InChI is InChI=1S/C20H18N4O2/c1-13-3-5-15(6-4-13)24-12-14(10-22-24)18-11-21-23-20(18)17-8-7-16(26-2)9-19(17)25/h3-12,25H,1-2H3,(H,21,23). The van der Waals surface area contributed by atoms with Crippen molar-refractivity contribution < 1.29 is 9.84 Å². The lowest BCUT2D eigenvalue weighted by Gasteiger charge is -2.07. The normalized spacial score (nSPS) is 10.8. The van der Waals surface area contributed by atoms with Gasteiger partial charge in [-0.1, -0.05) is 17.7 Å². The first-order chi connectivity index (χ1) is 12.7. The van der Waals surface area contributed by atoms with Gasteiger partial charge in [0.1, 0.15) is 11.5 Å². The van der Waals surface area contributed by atoms with Gasteiger partial charge in [0.15, 0.2) is 0 Å². The van der Waals surface area contributed by atoms with E-state index < -0.39 is 0 Å². The van der Waals surface area contributed by atoms with Crippen LogP contribution >= 0.6 is 0 Å². The number of ether oxygens (including phenoxy) is 1. The van der Waals surface area contributed by atoms with Crippen LogP contribution in [0.5, 0.6) is 11.5 Å². The van der Waals surface area contributed by atoms with Crippen molar-refractivity contribution in [3.05, 3.63) is 66.6 Å². The number of phenolic OH excluding ortho intramolecular Hbond substituents is 1. The topological polar surface area (TPSA) is 76.0 Å². The van der Waals surface area contributed by atoms with Crippen LogP contribution in [-0.2, 0) is 0 Å². The number of methoxy groups -OCH3 is 1. The molecule has 0 saturated carbocycles. The van der Waals surface area contributed by atoms with E-state index in [0.717, 1.165) is 22.5 Å². The Hall–Kier alpha value is -3.54. The van der Waals surface area contributed by atoms with Crippen LogP contribution in [-0.4, -0.2) is 32.2 Å². The van der Waals surface area contributed by atoms with Gasteiger partial charge in [0.05, 0.1) is 30.9 Å². The molecule has 26 heavy (non-hydrogen) atoms. The fraction of sp³-hybridized carbons (Fsp3) is 0.100. The summed E-state index contributed by atoms with van der Waals surface area (Å²) < 4.78 is 6.96. The van der Waals surface area contributed by atoms with Crippen molar-refractivity contribution in [2.45, 2.75) is 6.92 Å². The number of rotatable bonds is 4. The second-order valence-electron chi connectivity index (χ2n) is 6.05. The Kier molecular flexibility index (Phi) is 3.93. The third-order valence-corrected chi connectivity index (χ3v) is 4.31. The maximum absolute atomic E-state index is 10.3. The molecule has 4 aromatic rings. The molecule has 0 fully saturated rings. The van der Waals surface area contributed by atoms with Gasteiger partial charge in [0, 0.05) is 29.0 Å². The fourth-order valence-electron chi connectivity index (χ4n) is 2.86. The minimum absolute atomic E-state index is 0.126. The van der Waals surface area contributed by atoms with E-state index in [9.17, 15) is 5.11 Å². The molecule has 0 aliphatic heterocycles. The minimum Gasteiger partial charge on any atom is -0.507 e. The Morgan fingerprint density at radius 3 is 2.58 bits per heavy atom. The second kappa shape index (κ2) is 6.40. The number of H-pyrrole nitrogens is 1. The molecule has 2 heterocycles. The number of aryl methyl sites for hydroxylation is 1. The van der Waals surface area contributed by atoms with Gasteiger partial charge in [-0.15, -0.1) is 0 Å². The number of nitrogens with one attached hydrogen (secondary N) is 1. The molecule has 0 aliphatic carbocycles. The maximum atomic E-state index is 10.3. The molecule has 0 atom stereocenters. The van der Waals surface area contributed by atoms with Gasteiger partial charge < -0.3 is 9.84 Å². The van der Waals surface area contributed by atoms with Gasteiger partial charge in [-0.25, -0.2) is 4.68 Å². The number of aromatic nitrogens is 4. The Balaban J connectivity index is 1.73. The molecule has 6 heteroatoms. The van der Waals surface area contributed by atoms with Crippen molar-refractivity contribution in [2.75, 3.05) is 7.11 Å². The van der Waals surface area contributed by atoms with Crippen molar-refractivity contribution >= 4 is 0 Å². The van der Waals surface area contributed by atoms with Crippen molar-refractivity contribution in [1.29, 1.82) is 0 Å². The van der Waals surface area contributed by atoms with Crippen molar-refractivity contribution in [3.63, 3.8) is 0 Å². The van der Waals surface area contributed by atoms with Crippen LogP contribution in [0, 0.1) is 6.92 Å². The quantitative estimate of drug-likeness (QED) is 0.587. The van der Waals surface area contributed by atoms with Crippen molar-refractivity contribution in [1.82, 2.24) is 20.0 Å². The van der Waals surface area contributed by atoms with E-state index in [1.54, 1.807) is 37.7 Å². The zero-order chi connectivity index (χ0) is 18.1. The third-order valence-electron chi connectivity index (χ3n) is 4.31. The first kappa shape index (κ1) is 16.0. The van der Waals surface area contributed by atoms with Gasteiger partial charge >= 0.3 is 0 Å². The largest absolute Gasteiger partial charge is 0.507 e. The number of aromatic amines is 1. The fourth-order valence-corrected chi connectivity index (χ4v) is 2.86. The summed E-state index contributed by atoms with van der Waals surface area (Å²) in [7, 11) is 1.57. The predicted molar refractivity (Wildman–Crippen MR) is 99.5 cm³/mol. The number of aromatic hydroxyl groups is 1. The lowest BCUT2D eigenvalue weighted by molar-refractivity contribution is 0.408. The number of nitrogens with zero attached hydrogens (tertiary/aromatic N) is 3. The minimum atomic E-state index is 0.126. The molecule has 0 aliphatic rings. The van der Waals surface area contributed by atoms with Gasteiger partial charge in [-0.2, -0.15) is 10.2 Å². The number of benzene rings is 2. The highest BCUT2D eigenvalue weighted by molar-refractivity contribution is 5.82. The second-order valence-corrected chi connectivity index (χ2v) is 6.05. The molecule has 130 valence electrons. The summed E-state index contributed by atoms with van der Waals surface area (Å²) >= 11 is 0. The van der Waals surface area contributed by atoms with E-state index >= 15 is 0 Å². The first-order valence-electron chi connectivity index (χ1n) is 8.18. The van der Waals surface area contributed by atoms with Crippen LogP contribution in [0.15, 0.2) is 61.1 Å². The zero-order valence-electron chi connectivity index (χ0n) is 14.5. The average molecular weight is 346 g/mol. The molecule has 2 aromatic carbocycles. The van der Waals surface area contributed by atoms with E-state index in [1.165, 1.54) is 5.56 Å². The molecule has 0 radical (unpaired) electrons. The number of hydrogen-bond donors (Lipinski definition) is 2. The molecule has 2 N–H and O–H groups in total. The van der Waals surface area contributed by atoms with Crippen molar-refractivity contribution in [3.8, 4) is 39.6 Å². The van der Waals surface area contributed by atoms with Crippen LogP contribution in [0.1, 0.15) is 5.56 Å². The average Bonchev–Trinajstić information content (AvgIpc) is 3.31. The third kappa shape index (κ3) is 2.82. The summed E-state index contributed by atoms with van der Waals surface area (Å²) in [4.78, 5) is 0. The molecule has 2 aromatic heterocycles. The van der Waals surface area contributed by atoms with E-state index in [2.05, 4.69) is 34.4 Å². The summed E-state index contributed by atoms with van der Waals surface area (Å²) in [5, 5.41) is 21.9. The first-order valence-corrected chi connectivity index (χ1v) is 8.18. The summed E-state index contributed by atoms with van der Waals surface area (Å²) in [6.45, 7) is 2.05. The lowest BCUT2D eigenvalue weighted by Crippen LogP contribution is -1.93. The molecule has 0 bridgehead atoms. The summed E-state index contributed by atoms with van der Waals surface area (Å²) in [6.07, 6.45) is 5.46. The Labute approximate surface area is 150 Å². The molecule has 0 spiro atoms. The SMILES string of the molecule is COc1ccc(-c2[nH]ncc2-c2cnn(-c3ccc(C)cc3)c2)c(O)c1. The molecule has 4 rings (SSSR count).